The van der Waals surface area contributed by atoms with E-state index in [2.05, 4.69) is 9.69 Å². The summed E-state index contributed by atoms with van der Waals surface area (Å²) in [6, 6.07) is 7.99. The molecule has 2 heterocycles. The second kappa shape index (κ2) is 10.3. The van der Waals surface area contributed by atoms with Crippen LogP contribution < -0.4 is 16.8 Å². The first-order valence-electron chi connectivity index (χ1n) is 10.5. The van der Waals surface area contributed by atoms with Gasteiger partial charge in [0.2, 0.25) is 5.91 Å². The Hall–Kier alpha value is -3.31. The zero-order chi connectivity index (χ0) is 25.0. The molecule has 0 saturated heterocycles. The molecule has 180 valence electrons. The minimum absolute atomic E-state index is 0.0000181. The van der Waals surface area contributed by atoms with E-state index in [1.54, 1.807) is 0 Å². The van der Waals surface area contributed by atoms with Crippen LogP contribution in [0, 0.1) is 5.82 Å². The molecule has 5 N–H and O–H groups in total. The number of hydrogen-bond acceptors (Lipinski definition) is 7. The summed E-state index contributed by atoms with van der Waals surface area (Å²) in [4.78, 5) is 41.2. The first kappa shape index (κ1) is 25.3. The summed E-state index contributed by atoms with van der Waals surface area (Å²) in [5.74, 6) is -2.34. The third-order valence-corrected chi connectivity index (χ3v) is 7.13. The number of halogens is 1. The van der Waals surface area contributed by atoms with Crippen molar-refractivity contribution in [2.75, 3.05) is 5.73 Å². The minimum atomic E-state index is -1.10. The van der Waals surface area contributed by atoms with E-state index in [9.17, 15) is 18.8 Å². The Balaban J connectivity index is 2.13. The molecule has 34 heavy (non-hydrogen) atoms. The maximum absolute atomic E-state index is 13.8. The van der Waals surface area contributed by atoms with Gasteiger partial charge in [-0.15, -0.1) is 11.3 Å². The Bertz CT molecular complexity index is 1180. The van der Waals surface area contributed by atoms with Crippen molar-refractivity contribution < 1.29 is 18.8 Å². The van der Waals surface area contributed by atoms with Crippen LogP contribution in [0.4, 0.5) is 10.1 Å². The number of anilines is 1. The fourth-order valence-corrected chi connectivity index (χ4v) is 4.68. The Morgan fingerprint density at radius 1 is 1.21 bits per heavy atom. The summed E-state index contributed by atoms with van der Waals surface area (Å²) in [6.07, 6.45) is 0.650. The van der Waals surface area contributed by atoms with Crippen LogP contribution in [0.2, 0.25) is 0 Å². The molecule has 3 rings (SSSR count). The van der Waals surface area contributed by atoms with E-state index < -0.39 is 35.1 Å². The molecule has 0 aliphatic heterocycles. The second-order valence-electron chi connectivity index (χ2n) is 8.33. The number of nitrogen functional groups attached to an aromatic ring is 1. The molecular formula is C23H26FN5O3S2. The van der Waals surface area contributed by atoms with Crippen molar-refractivity contribution in [1.82, 2.24) is 14.6 Å². The largest absolute Gasteiger partial charge is 0.395 e. The molecule has 0 aliphatic rings. The number of aromatic nitrogens is 1. The van der Waals surface area contributed by atoms with E-state index in [1.165, 1.54) is 40.5 Å². The lowest BCUT2D eigenvalue weighted by molar-refractivity contribution is -0.127. The summed E-state index contributed by atoms with van der Waals surface area (Å²) in [7, 11) is 0. The van der Waals surface area contributed by atoms with E-state index in [0.717, 1.165) is 16.4 Å². The lowest BCUT2D eigenvalue weighted by Gasteiger charge is -2.34. The molecule has 8 nitrogen and oxygen atoms in total. The maximum atomic E-state index is 13.8. The number of thiophene rings is 1. The lowest BCUT2D eigenvalue weighted by atomic mass is 9.98. The van der Waals surface area contributed by atoms with Gasteiger partial charge in [0.05, 0.1) is 12.2 Å². The van der Waals surface area contributed by atoms with Gasteiger partial charge in [0.15, 0.2) is 5.69 Å². The van der Waals surface area contributed by atoms with E-state index in [0.29, 0.717) is 12.0 Å². The van der Waals surface area contributed by atoms with Crippen LogP contribution >= 0.6 is 22.9 Å². The zero-order valence-corrected chi connectivity index (χ0v) is 20.6. The smallest absolute Gasteiger partial charge is 0.270 e. The normalized spacial score (nSPS) is 12.2. The second-order valence-corrected chi connectivity index (χ2v) is 10.1. The fourth-order valence-electron chi connectivity index (χ4n) is 3.22. The molecule has 2 aromatic heterocycles. The number of benzene rings is 1. The van der Waals surface area contributed by atoms with E-state index in [4.69, 9.17) is 11.5 Å². The van der Waals surface area contributed by atoms with Gasteiger partial charge in [0.25, 0.3) is 11.8 Å². The van der Waals surface area contributed by atoms with Gasteiger partial charge in [-0.2, -0.15) is 4.37 Å². The summed E-state index contributed by atoms with van der Waals surface area (Å²) in [6.45, 7) is 5.77. The van der Waals surface area contributed by atoms with Gasteiger partial charge in [-0.25, -0.2) is 4.39 Å². The first-order valence-corrected chi connectivity index (χ1v) is 12.1. The fraction of sp³-hybridized carbons (Fsp3) is 0.304. The SMILES string of the molecule is CCC(C)(C)NC(=O)[C@H](c1ccc(F)cc1)N(Cc1cccs1)C(=O)c1snc(C(N)=O)c1N. The molecule has 3 amide bonds. The molecule has 0 fully saturated rings. The zero-order valence-electron chi connectivity index (χ0n) is 19.0. The predicted molar refractivity (Wildman–Crippen MR) is 131 cm³/mol. The van der Waals surface area contributed by atoms with Crippen LogP contribution in [0.15, 0.2) is 41.8 Å². The molecule has 0 radical (unpaired) electrons. The Morgan fingerprint density at radius 3 is 2.41 bits per heavy atom. The summed E-state index contributed by atoms with van der Waals surface area (Å²) in [5.41, 5.74) is 10.9. The molecular weight excluding hydrogens is 477 g/mol. The number of nitrogens with one attached hydrogen (secondary N) is 1. The standard InChI is InChI=1S/C23H26FN5O3S2/c1-4-23(2,3)27-21(31)18(13-7-9-14(24)10-8-13)29(12-15-6-5-11-33-15)22(32)19-16(25)17(20(26)30)28-34-19/h5-11,18H,4,12,25H2,1-3H3,(H2,26,30)(H,27,31)/t18-/m0/s1. The highest BCUT2D eigenvalue weighted by atomic mass is 32.1. The average molecular weight is 504 g/mol. The van der Waals surface area contributed by atoms with Crippen LogP contribution in [0.3, 0.4) is 0 Å². The molecule has 11 heteroatoms. The summed E-state index contributed by atoms with van der Waals surface area (Å²) < 4.78 is 17.6. The molecule has 0 bridgehead atoms. The number of hydrogen-bond donors (Lipinski definition) is 3. The van der Waals surface area contributed by atoms with Crippen LogP contribution in [0.1, 0.15) is 63.8 Å². The van der Waals surface area contributed by atoms with Crippen molar-refractivity contribution in [3.63, 3.8) is 0 Å². The molecule has 0 aliphatic carbocycles. The Morgan fingerprint density at radius 2 is 1.88 bits per heavy atom. The maximum Gasteiger partial charge on any atom is 0.270 e. The van der Waals surface area contributed by atoms with E-state index in [-0.39, 0.29) is 22.8 Å². The number of carbonyl (C=O) groups is 3. The van der Waals surface area contributed by atoms with Crippen LogP contribution in [0.5, 0.6) is 0 Å². The minimum Gasteiger partial charge on any atom is -0.395 e. The number of amides is 3. The number of nitrogens with two attached hydrogens (primary N) is 2. The van der Waals surface area contributed by atoms with Crippen LogP contribution in [-0.2, 0) is 11.3 Å². The van der Waals surface area contributed by atoms with Crippen molar-refractivity contribution >= 4 is 46.3 Å². The highest BCUT2D eigenvalue weighted by Gasteiger charge is 2.36. The van der Waals surface area contributed by atoms with Crippen molar-refractivity contribution in [2.24, 2.45) is 5.73 Å². The number of primary amides is 1. The third kappa shape index (κ3) is 5.60. The average Bonchev–Trinajstić information content (AvgIpc) is 3.43. The van der Waals surface area contributed by atoms with Gasteiger partial charge in [-0.1, -0.05) is 25.1 Å². The van der Waals surface area contributed by atoms with Crippen LogP contribution in [-0.4, -0.2) is 32.5 Å². The third-order valence-electron chi connectivity index (χ3n) is 5.41. The predicted octanol–water partition coefficient (Wildman–Crippen LogP) is 3.71. The van der Waals surface area contributed by atoms with Crippen molar-refractivity contribution in [3.8, 4) is 0 Å². The van der Waals surface area contributed by atoms with Crippen molar-refractivity contribution in [2.45, 2.75) is 45.3 Å². The molecule has 1 aromatic carbocycles. The summed E-state index contributed by atoms with van der Waals surface area (Å²) in [5, 5.41) is 4.84. The van der Waals surface area contributed by atoms with Gasteiger partial charge in [0.1, 0.15) is 16.7 Å². The van der Waals surface area contributed by atoms with Gasteiger partial charge >= 0.3 is 0 Å². The van der Waals surface area contributed by atoms with Crippen molar-refractivity contribution in [1.29, 1.82) is 0 Å². The quantitative estimate of drug-likeness (QED) is 0.410. The van der Waals surface area contributed by atoms with Gasteiger partial charge in [-0.05, 0) is 60.9 Å². The topological polar surface area (TPSA) is 131 Å². The Labute approximate surface area is 204 Å². The molecule has 0 unspecified atom stereocenters. The highest BCUT2D eigenvalue weighted by molar-refractivity contribution is 7.10. The van der Waals surface area contributed by atoms with Gasteiger partial charge in [-0.3, -0.25) is 14.4 Å². The lowest BCUT2D eigenvalue weighted by Crippen LogP contribution is -2.50. The summed E-state index contributed by atoms with van der Waals surface area (Å²) >= 11 is 2.16. The number of nitrogens with zero attached hydrogens (tertiary/aromatic N) is 2. The Kier molecular flexibility index (Phi) is 7.68. The monoisotopic (exact) mass is 503 g/mol. The highest BCUT2D eigenvalue weighted by Crippen LogP contribution is 2.31. The number of carbonyl (C=O) groups excluding carboxylic acids is 3. The molecule has 1 atom stereocenters. The first-order chi connectivity index (χ1) is 16.0. The molecule has 3 aromatic rings. The van der Waals surface area contributed by atoms with Crippen LogP contribution in [0.25, 0.3) is 0 Å². The van der Waals surface area contributed by atoms with E-state index in [1.807, 2.05) is 38.3 Å². The van der Waals surface area contributed by atoms with Gasteiger partial charge in [0, 0.05) is 10.4 Å². The van der Waals surface area contributed by atoms with Crippen molar-refractivity contribution in [3.05, 3.63) is 68.6 Å². The molecule has 0 saturated carbocycles. The van der Waals surface area contributed by atoms with Gasteiger partial charge < -0.3 is 21.7 Å². The molecule has 0 spiro atoms. The number of rotatable bonds is 9. The van der Waals surface area contributed by atoms with E-state index >= 15 is 0 Å².